The molecule has 0 aromatic heterocycles. The van der Waals surface area contributed by atoms with Crippen molar-refractivity contribution in [1.82, 2.24) is 0 Å². The monoisotopic (exact) mass is 250 g/mol. The second-order valence-corrected chi connectivity index (χ2v) is 11.5. The molecule has 0 amide bonds. The number of benzene rings is 1. The van der Waals surface area contributed by atoms with Crippen LogP contribution < -0.4 is 0 Å². The SMILES string of the molecule is C=Cc1ccc(CC[SiH2]O[Si](C)(C)C)cc1. The van der Waals surface area contributed by atoms with Crippen LogP contribution in [0.15, 0.2) is 30.8 Å². The summed E-state index contributed by atoms with van der Waals surface area (Å²) < 4.78 is 5.96. The van der Waals surface area contributed by atoms with Gasteiger partial charge in [0.15, 0.2) is 8.32 Å². The minimum absolute atomic E-state index is 0.310. The fourth-order valence-corrected chi connectivity index (χ4v) is 5.05. The van der Waals surface area contributed by atoms with Gasteiger partial charge in [0.2, 0.25) is 0 Å². The Labute approximate surface area is 103 Å². The van der Waals surface area contributed by atoms with Crippen molar-refractivity contribution in [1.29, 1.82) is 0 Å². The highest BCUT2D eigenvalue weighted by Crippen LogP contribution is 2.09. The van der Waals surface area contributed by atoms with E-state index in [1.807, 2.05) is 6.08 Å². The Morgan fingerprint density at radius 1 is 1.25 bits per heavy atom. The third kappa shape index (κ3) is 5.44. The summed E-state index contributed by atoms with van der Waals surface area (Å²) in [4.78, 5) is 0. The van der Waals surface area contributed by atoms with Crippen LogP contribution in [0.2, 0.25) is 25.7 Å². The van der Waals surface area contributed by atoms with Crippen molar-refractivity contribution < 1.29 is 4.12 Å². The van der Waals surface area contributed by atoms with Gasteiger partial charge < -0.3 is 4.12 Å². The van der Waals surface area contributed by atoms with E-state index >= 15 is 0 Å². The van der Waals surface area contributed by atoms with Crippen LogP contribution in [0.25, 0.3) is 6.08 Å². The van der Waals surface area contributed by atoms with Crippen molar-refractivity contribution in [2.24, 2.45) is 0 Å². The van der Waals surface area contributed by atoms with Gasteiger partial charge in [-0.15, -0.1) is 0 Å². The average molecular weight is 250 g/mol. The van der Waals surface area contributed by atoms with Gasteiger partial charge in [0, 0.05) is 0 Å². The topological polar surface area (TPSA) is 9.23 Å². The molecule has 16 heavy (non-hydrogen) atoms. The zero-order valence-corrected chi connectivity index (χ0v) is 13.0. The van der Waals surface area contributed by atoms with Gasteiger partial charge in [0.1, 0.15) is 9.76 Å². The second-order valence-electron chi connectivity index (χ2n) is 5.01. The molecule has 3 heteroatoms. The standard InChI is InChI=1S/C13H22OSi2/c1-5-12-6-8-13(9-7-12)10-11-15-14-16(2,3)4/h5-9H,1,10-11,15H2,2-4H3. The lowest BCUT2D eigenvalue weighted by atomic mass is 10.1. The van der Waals surface area contributed by atoms with Crippen LogP contribution in [0, 0.1) is 0 Å². The van der Waals surface area contributed by atoms with Crippen LogP contribution in [0.3, 0.4) is 0 Å². The third-order valence-corrected chi connectivity index (χ3v) is 7.28. The molecular formula is C13H22OSi2. The van der Waals surface area contributed by atoms with Crippen LogP contribution in [0.1, 0.15) is 11.1 Å². The van der Waals surface area contributed by atoms with Crippen molar-refractivity contribution >= 4 is 24.2 Å². The molecule has 0 aliphatic heterocycles. The molecular weight excluding hydrogens is 228 g/mol. The van der Waals surface area contributed by atoms with Gasteiger partial charge in [0.05, 0.1) is 0 Å². The van der Waals surface area contributed by atoms with E-state index in [9.17, 15) is 0 Å². The molecule has 0 radical (unpaired) electrons. The molecule has 1 aromatic rings. The summed E-state index contributed by atoms with van der Waals surface area (Å²) in [5.41, 5.74) is 2.61. The highest BCUT2D eigenvalue weighted by molar-refractivity contribution is 6.73. The minimum Gasteiger partial charge on any atom is -0.461 e. The summed E-state index contributed by atoms with van der Waals surface area (Å²) in [5, 5.41) is 0. The van der Waals surface area contributed by atoms with E-state index in [1.165, 1.54) is 17.2 Å². The van der Waals surface area contributed by atoms with Crippen LogP contribution in [0.4, 0.5) is 0 Å². The molecule has 0 aliphatic rings. The van der Waals surface area contributed by atoms with Crippen LogP contribution in [-0.4, -0.2) is 18.1 Å². The predicted octanol–water partition coefficient (Wildman–Crippen LogP) is 3.23. The van der Waals surface area contributed by atoms with Crippen molar-refractivity contribution in [3.63, 3.8) is 0 Å². The number of hydrogen-bond acceptors (Lipinski definition) is 1. The smallest absolute Gasteiger partial charge is 0.169 e. The zero-order valence-electron chi connectivity index (χ0n) is 10.6. The number of hydrogen-bond donors (Lipinski definition) is 0. The third-order valence-electron chi connectivity index (χ3n) is 2.36. The van der Waals surface area contributed by atoms with E-state index < -0.39 is 8.32 Å². The number of rotatable bonds is 6. The molecule has 1 nitrogen and oxygen atoms in total. The highest BCUT2D eigenvalue weighted by Gasteiger charge is 2.12. The first-order chi connectivity index (χ1) is 7.51. The molecule has 0 heterocycles. The van der Waals surface area contributed by atoms with E-state index in [-0.39, 0.29) is 9.76 Å². The summed E-state index contributed by atoms with van der Waals surface area (Å²) >= 11 is 0. The molecule has 88 valence electrons. The Kier molecular flexibility index (Phi) is 5.18. The Hall–Kier alpha value is -0.646. The molecule has 0 saturated heterocycles. The summed E-state index contributed by atoms with van der Waals surface area (Å²) in [6.07, 6.45) is 3.04. The summed E-state index contributed by atoms with van der Waals surface area (Å²) in [5.74, 6) is 0. The second kappa shape index (κ2) is 6.18. The largest absolute Gasteiger partial charge is 0.461 e. The fraction of sp³-hybridized carbons (Fsp3) is 0.385. The molecule has 0 bridgehead atoms. The van der Waals surface area contributed by atoms with Crippen LogP contribution in [0.5, 0.6) is 0 Å². The molecule has 0 fully saturated rings. The highest BCUT2D eigenvalue weighted by atomic mass is 28.4. The van der Waals surface area contributed by atoms with Gasteiger partial charge in [-0.25, -0.2) is 0 Å². The lowest BCUT2D eigenvalue weighted by Gasteiger charge is -2.17. The maximum atomic E-state index is 5.96. The molecule has 0 atom stereocenters. The molecule has 1 rings (SSSR count). The first kappa shape index (κ1) is 13.4. The van der Waals surface area contributed by atoms with E-state index in [0.717, 1.165) is 6.42 Å². The van der Waals surface area contributed by atoms with Crippen LogP contribution >= 0.6 is 0 Å². The van der Waals surface area contributed by atoms with Gasteiger partial charge in [-0.3, -0.25) is 0 Å². The predicted molar refractivity (Wildman–Crippen MR) is 78.0 cm³/mol. The summed E-state index contributed by atoms with van der Waals surface area (Å²) in [7, 11) is -1.57. The Morgan fingerprint density at radius 3 is 2.38 bits per heavy atom. The minimum atomic E-state index is -1.26. The zero-order chi connectivity index (χ0) is 12.0. The molecule has 0 unspecified atom stereocenters. The van der Waals surface area contributed by atoms with Crippen molar-refractivity contribution in [3.05, 3.63) is 42.0 Å². The molecule has 0 saturated carbocycles. The first-order valence-corrected chi connectivity index (χ1v) is 10.9. The van der Waals surface area contributed by atoms with Crippen LogP contribution in [-0.2, 0) is 10.5 Å². The van der Waals surface area contributed by atoms with E-state index in [0.29, 0.717) is 0 Å². The van der Waals surface area contributed by atoms with Gasteiger partial charge in [-0.05, 0) is 43.2 Å². The fourth-order valence-electron chi connectivity index (χ4n) is 1.48. The normalized spacial score (nSPS) is 12.2. The number of aryl methyl sites for hydroxylation is 1. The van der Waals surface area contributed by atoms with Crippen molar-refractivity contribution in [3.8, 4) is 0 Å². The quantitative estimate of drug-likeness (QED) is 0.556. The van der Waals surface area contributed by atoms with E-state index in [1.54, 1.807) is 0 Å². The summed E-state index contributed by atoms with van der Waals surface area (Å²) in [6.45, 7) is 10.5. The lowest BCUT2D eigenvalue weighted by molar-refractivity contribution is 0.594. The summed E-state index contributed by atoms with van der Waals surface area (Å²) in [6, 6.07) is 9.89. The average Bonchev–Trinajstić information content (AvgIpc) is 2.24. The maximum Gasteiger partial charge on any atom is 0.169 e. The molecule has 0 aliphatic carbocycles. The van der Waals surface area contributed by atoms with Gasteiger partial charge in [0.25, 0.3) is 0 Å². The van der Waals surface area contributed by atoms with Gasteiger partial charge in [-0.2, -0.15) is 0 Å². The van der Waals surface area contributed by atoms with Crippen molar-refractivity contribution in [2.75, 3.05) is 0 Å². The Morgan fingerprint density at radius 2 is 1.88 bits per heavy atom. The lowest BCUT2D eigenvalue weighted by Crippen LogP contribution is -2.27. The Bertz CT molecular complexity index is 325. The van der Waals surface area contributed by atoms with E-state index in [2.05, 4.69) is 50.5 Å². The van der Waals surface area contributed by atoms with Crippen molar-refractivity contribution in [2.45, 2.75) is 32.1 Å². The van der Waals surface area contributed by atoms with Gasteiger partial charge >= 0.3 is 0 Å². The first-order valence-electron chi connectivity index (χ1n) is 5.86. The molecule has 0 spiro atoms. The maximum absolute atomic E-state index is 5.96. The van der Waals surface area contributed by atoms with Gasteiger partial charge in [-0.1, -0.05) is 36.9 Å². The Balaban J connectivity index is 2.29. The molecule has 0 N–H and O–H groups in total. The molecule has 1 aromatic carbocycles. The van der Waals surface area contributed by atoms with E-state index in [4.69, 9.17) is 4.12 Å².